The Morgan fingerprint density at radius 1 is 1.42 bits per heavy atom. The molecule has 1 aliphatic rings. The van der Waals surface area contributed by atoms with Gasteiger partial charge in [-0.3, -0.25) is 0 Å². The van der Waals surface area contributed by atoms with Crippen LogP contribution in [0.1, 0.15) is 12.5 Å². The lowest BCUT2D eigenvalue weighted by Crippen LogP contribution is -2.36. The third kappa shape index (κ3) is 4.16. The second-order valence-electron chi connectivity index (χ2n) is 4.87. The topological polar surface area (TPSA) is 44.7 Å². The van der Waals surface area contributed by atoms with Crippen molar-refractivity contribution in [1.29, 1.82) is 0 Å². The van der Waals surface area contributed by atoms with Crippen LogP contribution in [0.4, 0.5) is 10.1 Å². The van der Waals surface area contributed by atoms with Crippen LogP contribution in [0, 0.1) is 5.82 Å². The Morgan fingerprint density at radius 2 is 2.16 bits per heavy atom. The van der Waals surface area contributed by atoms with E-state index in [1.54, 1.807) is 13.0 Å². The first-order valence-electron chi connectivity index (χ1n) is 6.66. The van der Waals surface area contributed by atoms with Gasteiger partial charge in [-0.25, -0.2) is 4.39 Å². The zero-order valence-electron chi connectivity index (χ0n) is 11.2. The van der Waals surface area contributed by atoms with Crippen molar-refractivity contribution in [3.8, 4) is 0 Å². The molecule has 0 amide bonds. The van der Waals surface area contributed by atoms with E-state index >= 15 is 0 Å². The fraction of sp³-hybridized carbons (Fsp3) is 0.571. The van der Waals surface area contributed by atoms with Gasteiger partial charge in [0, 0.05) is 26.2 Å². The predicted molar refractivity (Wildman–Crippen MR) is 72.8 cm³/mol. The molecular weight excluding hydrogens is 247 g/mol. The SMILES string of the molecule is CC(O)CNCc1ccc(N2CCOCC2)c(F)c1. The smallest absolute Gasteiger partial charge is 0.146 e. The Bertz CT molecular complexity index is 406. The van der Waals surface area contributed by atoms with Crippen LogP contribution in [0.15, 0.2) is 18.2 Å². The van der Waals surface area contributed by atoms with Crippen molar-refractivity contribution in [1.82, 2.24) is 5.32 Å². The largest absolute Gasteiger partial charge is 0.392 e. The van der Waals surface area contributed by atoms with E-state index < -0.39 is 6.10 Å². The molecule has 2 N–H and O–H groups in total. The monoisotopic (exact) mass is 268 g/mol. The number of morpholine rings is 1. The van der Waals surface area contributed by atoms with E-state index in [2.05, 4.69) is 5.32 Å². The van der Waals surface area contributed by atoms with Gasteiger partial charge in [0.2, 0.25) is 0 Å². The number of hydrogen-bond donors (Lipinski definition) is 2. The molecule has 0 aliphatic carbocycles. The van der Waals surface area contributed by atoms with Crippen LogP contribution >= 0.6 is 0 Å². The van der Waals surface area contributed by atoms with E-state index in [0.29, 0.717) is 32.0 Å². The Balaban J connectivity index is 1.96. The summed E-state index contributed by atoms with van der Waals surface area (Å²) in [5.74, 6) is -0.196. The van der Waals surface area contributed by atoms with Crippen molar-refractivity contribution in [2.75, 3.05) is 37.7 Å². The maximum atomic E-state index is 14.1. The summed E-state index contributed by atoms with van der Waals surface area (Å²) < 4.78 is 19.3. The highest BCUT2D eigenvalue weighted by Gasteiger charge is 2.15. The highest BCUT2D eigenvalue weighted by molar-refractivity contribution is 5.49. The molecule has 1 unspecified atom stereocenters. The average Bonchev–Trinajstić information content (AvgIpc) is 2.39. The number of aliphatic hydroxyl groups excluding tert-OH is 1. The number of aliphatic hydroxyl groups is 1. The van der Waals surface area contributed by atoms with Crippen molar-refractivity contribution in [2.45, 2.75) is 19.6 Å². The first kappa shape index (κ1) is 14.2. The quantitative estimate of drug-likeness (QED) is 0.840. The van der Waals surface area contributed by atoms with Crippen LogP contribution in [0.5, 0.6) is 0 Å². The molecule has 1 fully saturated rings. The van der Waals surface area contributed by atoms with Crippen LogP contribution in [-0.2, 0) is 11.3 Å². The number of benzene rings is 1. The summed E-state index contributed by atoms with van der Waals surface area (Å²) >= 11 is 0. The van der Waals surface area contributed by atoms with E-state index in [4.69, 9.17) is 9.84 Å². The molecular formula is C14H21FN2O2. The summed E-state index contributed by atoms with van der Waals surface area (Å²) in [6.45, 7) is 5.55. The fourth-order valence-electron chi connectivity index (χ4n) is 2.15. The van der Waals surface area contributed by atoms with E-state index in [1.165, 1.54) is 0 Å². The first-order chi connectivity index (χ1) is 9.16. The molecule has 5 heteroatoms. The van der Waals surface area contributed by atoms with Gasteiger partial charge in [0.25, 0.3) is 0 Å². The lowest BCUT2D eigenvalue weighted by molar-refractivity contribution is 0.122. The van der Waals surface area contributed by atoms with Gasteiger partial charge >= 0.3 is 0 Å². The third-order valence-electron chi connectivity index (χ3n) is 3.13. The Hall–Kier alpha value is -1.17. The molecule has 0 aromatic heterocycles. The highest BCUT2D eigenvalue weighted by Crippen LogP contribution is 2.21. The number of halogens is 1. The van der Waals surface area contributed by atoms with Crippen LogP contribution < -0.4 is 10.2 Å². The zero-order chi connectivity index (χ0) is 13.7. The van der Waals surface area contributed by atoms with Crippen LogP contribution in [0.3, 0.4) is 0 Å². The summed E-state index contributed by atoms with van der Waals surface area (Å²) in [7, 11) is 0. The normalized spacial score (nSPS) is 17.5. The van der Waals surface area contributed by atoms with Gasteiger partial charge in [-0.05, 0) is 24.6 Å². The van der Waals surface area contributed by atoms with E-state index in [9.17, 15) is 4.39 Å². The molecule has 1 atom stereocenters. The molecule has 19 heavy (non-hydrogen) atoms. The second-order valence-corrected chi connectivity index (χ2v) is 4.87. The zero-order valence-corrected chi connectivity index (χ0v) is 11.2. The molecule has 0 spiro atoms. The first-order valence-corrected chi connectivity index (χ1v) is 6.66. The number of anilines is 1. The summed E-state index contributed by atoms with van der Waals surface area (Å²) in [5.41, 5.74) is 1.53. The Kier molecular flexibility index (Phi) is 5.13. The molecule has 1 heterocycles. The number of rotatable bonds is 5. The fourth-order valence-corrected chi connectivity index (χ4v) is 2.15. The third-order valence-corrected chi connectivity index (χ3v) is 3.13. The van der Waals surface area contributed by atoms with Gasteiger partial charge in [0.05, 0.1) is 25.0 Å². The highest BCUT2D eigenvalue weighted by atomic mass is 19.1. The number of hydrogen-bond acceptors (Lipinski definition) is 4. The lowest BCUT2D eigenvalue weighted by atomic mass is 10.1. The molecule has 1 aromatic rings. The van der Waals surface area contributed by atoms with Gasteiger partial charge in [-0.15, -0.1) is 0 Å². The molecule has 0 saturated carbocycles. The minimum absolute atomic E-state index is 0.196. The molecule has 4 nitrogen and oxygen atoms in total. The van der Waals surface area contributed by atoms with Crippen LogP contribution in [-0.4, -0.2) is 44.1 Å². The molecule has 1 saturated heterocycles. The summed E-state index contributed by atoms with van der Waals surface area (Å²) in [6, 6.07) is 5.29. The van der Waals surface area contributed by atoms with E-state index in [1.807, 2.05) is 17.0 Å². The lowest BCUT2D eigenvalue weighted by Gasteiger charge is -2.29. The summed E-state index contributed by atoms with van der Waals surface area (Å²) in [6.07, 6.45) is -0.391. The van der Waals surface area contributed by atoms with Crippen LogP contribution in [0.25, 0.3) is 0 Å². The van der Waals surface area contributed by atoms with Crippen molar-refractivity contribution in [2.24, 2.45) is 0 Å². The number of nitrogens with one attached hydrogen (secondary N) is 1. The molecule has 0 radical (unpaired) electrons. The van der Waals surface area contributed by atoms with Crippen molar-refractivity contribution in [3.05, 3.63) is 29.6 Å². The minimum Gasteiger partial charge on any atom is -0.392 e. The van der Waals surface area contributed by atoms with E-state index in [0.717, 1.165) is 18.7 Å². The maximum absolute atomic E-state index is 14.1. The standard InChI is InChI=1S/C14H21FN2O2/c1-11(18)9-16-10-12-2-3-14(13(15)8-12)17-4-6-19-7-5-17/h2-3,8,11,16,18H,4-7,9-10H2,1H3. The number of nitrogens with zero attached hydrogens (tertiary/aromatic N) is 1. The molecule has 2 rings (SSSR count). The van der Waals surface area contributed by atoms with Gasteiger partial charge in [0.15, 0.2) is 0 Å². The molecule has 1 aromatic carbocycles. The Morgan fingerprint density at radius 3 is 2.79 bits per heavy atom. The van der Waals surface area contributed by atoms with Crippen molar-refractivity contribution < 1.29 is 14.2 Å². The van der Waals surface area contributed by atoms with Gasteiger partial charge < -0.3 is 20.1 Å². The minimum atomic E-state index is -0.391. The predicted octanol–water partition coefficient (Wildman–Crippen LogP) is 1.13. The molecule has 0 bridgehead atoms. The van der Waals surface area contributed by atoms with Crippen molar-refractivity contribution >= 4 is 5.69 Å². The van der Waals surface area contributed by atoms with Gasteiger partial charge in [-0.2, -0.15) is 0 Å². The van der Waals surface area contributed by atoms with Gasteiger partial charge in [0.1, 0.15) is 5.82 Å². The Labute approximate surface area is 113 Å². The maximum Gasteiger partial charge on any atom is 0.146 e. The van der Waals surface area contributed by atoms with E-state index in [-0.39, 0.29) is 5.82 Å². The molecule has 106 valence electrons. The second kappa shape index (κ2) is 6.84. The summed E-state index contributed by atoms with van der Waals surface area (Å²) in [5, 5.41) is 12.2. The van der Waals surface area contributed by atoms with Gasteiger partial charge in [-0.1, -0.05) is 6.07 Å². The molecule has 1 aliphatic heterocycles. The van der Waals surface area contributed by atoms with Crippen LogP contribution in [0.2, 0.25) is 0 Å². The average molecular weight is 268 g/mol. The van der Waals surface area contributed by atoms with Crippen molar-refractivity contribution in [3.63, 3.8) is 0 Å². The number of ether oxygens (including phenoxy) is 1. The summed E-state index contributed by atoms with van der Waals surface area (Å²) in [4.78, 5) is 2.01.